The fourth-order valence-electron chi connectivity index (χ4n) is 4.07. The highest BCUT2D eigenvalue weighted by atomic mass is 19.1. The molecular weight excluding hydrogens is 381 g/mol. The van der Waals surface area contributed by atoms with Gasteiger partial charge in [-0.3, -0.25) is 9.80 Å². The van der Waals surface area contributed by atoms with E-state index in [9.17, 15) is 14.3 Å². The third-order valence-corrected chi connectivity index (χ3v) is 5.56. The molecule has 0 aliphatic carbocycles. The number of halogens is 1. The predicted molar refractivity (Wildman–Crippen MR) is 113 cm³/mol. The number of carbonyl (C=O) groups is 1. The molecule has 1 aliphatic heterocycles. The molecule has 5 nitrogen and oxygen atoms in total. The van der Waals surface area contributed by atoms with Gasteiger partial charge in [-0.1, -0.05) is 48.5 Å². The zero-order chi connectivity index (χ0) is 20.9. The van der Waals surface area contributed by atoms with Crippen molar-refractivity contribution in [1.29, 1.82) is 0 Å². The van der Waals surface area contributed by atoms with Gasteiger partial charge in [-0.2, -0.15) is 0 Å². The normalized spacial score (nSPS) is 16.3. The standard InChI is InChI=1S/C24H24FN3O2/c25-21-10-8-19(9-11-21)23(18-5-2-1-3-6-18)28-15-13-27(14-16-28)17-20-7-4-12-26-22(20)24(29)30/h1-12,23H,13-17H2,(H,29,30). The van der Waals surface area contributed by atoms with Gasteiger partial charge in [0, 0.05) is 38.9 Å². The summed E-state index contributed by atoms with van der Waals surface area (Å²) in [6.45, 7) is 3.87. The Morgan fingerprint density at radius 1 is 0.933 bits per heavy atom. The molecule has 0 saturated carbocycles. The molecular formula is C24H24FN3O2. The van der Waals surface area contributed by atoms with Crippen LogP contribution in [0.3, 0.4) is 0 Å². The van der Waals surface area contributed by atoms with Gasteiger partial charge in [0.1, 0.15) is 5.82 Å². The van der Waals surface area contributed by atoms with Gasteiger partial charge in [-0.15, -0.1) is 0 Å². The van der Waals surface area contributed by atoms with E-state index in [0.717, 1.165) is 37.3 Å². The van der Waals surface area contributed by atoms with Crippen LogP contribution >= 0.6 is 0 Å². The zero-order valence-corrected chi connectivity index (χ0v) is 16.6. The van der Waals surface area contributed by atoms with Crippen LogP contribution in [0.4, 0.5) is 4.39 Å². The molecule has 2 heterocycles. The zero-order valence-electron chi connectivity index (χ0n) is 16.6. The third-order valence-electron chi connectivity index (χ3n) is 5.56. The maximum Gasteiger partial charge on any atom is 0.354 e. The molecule has 1 atom stereocenters. The van der Waals surface area contributed by atoms with Crippen molar-refractivity contribution >= 4 is 5.97 Å². The number of hydrogen-bond donors (Lipinski definition) is 1. The van der Waals surface area contributed by atoms with Crippen molar-refractivity contribution in [2.24, 2.45) is 0 Å². The summed E-state index contributed by atoms with van der Waals surface area (Å²) in [6, 6.07) is 20.7. The van der Waals surface area contributed by atoms with E-state index >= 15 is 0 Å². The summed E-state index contributed by atoms with van der Waals surface area (Å²) in [5.74, 6) is -1.23. The SMILES string of the molecule is O=C(O)c1ncccc1CN1CCN(C(c2ccccc2)c2ccc(F)cc2)CC1. The van der Waals surface area contributed by atoms with E-state index in [1.807, 2.05) is 36.4 Å². The summed E-state index contributed by atoms with van der Waals surface area (Å²) in [7, 11) is 0. The van der Waals surface area contributed by atoms with E-state index in [2.05, 4.69) is 26.9 Å². The first-order chi connectivity index (χ1) is 14.6. The third kappa shape index (κ3) is 4.56. The summed E-state index contributed by atoms with van der Waals surface area (Å²) in [6.07, 6.45) is 1.51. The lowest BCUT2D eigenvalue weighted by molar-refractivity contribution is 0.0684. The van der Waals surface area contributed by atoms with Crippen molar-refractivity contribution in [1.82, 2.24) is 14.8 Å². The maximum absolute atomic E-state index is 13.5. The Kier molecular flexibility index (Phi) is 6.16. The van der Waals surface area contributed by atoms with Gasteiger partial charge in [-0.05, 0) is 34.9 Å². The van der Waals surface area contributed by atoms with Gasteiger partial charge >= 0.3 is 5.97 Å². The number of aromatic nitrogens is 1. The minimum absolute atomic E-state index is 0.0573. The van der Waals surface area contributed by atoms with Crippen molar-refractivity contribution in [3.8, 4) is 0 Å². The van der Waals surface area contributed by atoms with Crippen LogP contribution < -0.4 is 0 Å². The number of pyridine rings is 1. The van der Waals surface area contributed by atoms with Crippen LogP contribution in [-0.4, -0.2) is 52.0 Å². The van der Waals surface area contributed by atoms with Crippen LogP contribution in [0.5, 0.6) is 0 Å². The van der Waals surface area contributed by atoms with Crippen LogP contribution in [0.1, 0.15) is 33.2 Å². The van der Waals surface area contributed by atoms with Crippen LogP contribution in [0, 0.1) is 5.82 Å². The number of benzene rings is 2. The number of aromatic carboxylic acids is 1. The Morgan fingerprint density at radius 3 is 2.27 bits per heavy atom. The highest BCUT2D eigenvalue weighted by Gasteiger charge is 2.27. The molecule has 1 saturated heterocycles. The molecule has 0 radical (unpaired) electrons. The molecule has 0 spiro atoms. The van der Waals surface area contributed by atoms with Crippen molar-refractivity contribution in [3.05, 3.63) is 101 Å². The Morgan fingerprint density at radius 2 is 1.60 bits per heavy atom. The van der Waals surface area contributed by atoms with Crippen LogP contribution in [0.2, 0.25) is 0 Å². The van der Waals surface area contributed by atoms with Crippen molar-refractivity contribution in [2.75, 3.05) is 26.2 Å². The molecule has 1 aromatic heterocycles. The first kappa shape index (κ1) is 20.2. The number of rotatable bonds is 6. The van der Waals surface area contributed by atoms with E-state index in [0.29, 0.717) is 6.54 Å². The van der Waals surface area contributed by atoms with E-state index in [1.165, 1.54) is 23.9 Å². The molecule has 4 rings (SSSR count). The number of carboxylic acid groups (broad SMARTS) is 1. The molecule has 1 unspecified atom stereocenters. The average Bonchev–Trinajstić information content (AvgIpc) is 2.77. The predicted octanol–water partition coefficient (Wildman–Crippen LogP) is 3.83. The van der Waals surface area contributed by atoms with Gasteiger partial charge in [0.05, 0.1) is 6.04 Å². The van der Waals surface area contributed by atoms with Gasteiger partial charge in [0.25, 0.3) is 0 Å². The highest BCUT2D eigenvalue weighted by Crippen LogP contribution is 2.30. The summed E-state index contributed by atoms with van der Waals surface area (Å²) in [5.41, 5.74) is 3.10. The smallest absolute Gasteiger partial charge is 0.354 e. The number of hydrogen-bond acceptors (Lipinski definition) is 4. The number of piperazine rings is 1. The largest absolute Gasteiger partial charge is 0.477 e. The Hall–Kier alpha value is -3.09. The van der Waals surface area contributed by atoms with E-state index in [4.69, 9.17) is 0 Å². The first-order valence-electron chi connectivity index (χ1n) is 10.1. The lowest BCUT2D eigenvalue weighted by atomic mass is 9.96. The fraction of sp³-hybridized carbons (Fsp3) is 0.250. The Bertz CT molecular complexity index is 987. The highest BCUT2D eigenvalue weighted by molar-refractivity contribution is 5.86. The lowest BCUT2D eigenvalue weighted by Gasteiger charge is -2.40. The molecule has 3 aromatic rings. The second-order valence-electron chi connectivity index (χ2n) is 7.49. The van der Waals surface area contributed by atoms with Crippen LogP contribution in [0.25, 0.3) is 0 Å². The van der Waals surface area contributed by atoms with Crippen LogP contribution in [-0.2, 0) is 6.54 Å². The van der Waals surface area contributed by atoms with Gasteiger partial charge in [0.15, 0.2) is 5.69 Å². The molecule has 30 heavy (non-hydrogen) atoms. The van der Waals surface area contributed by atoms with Crippen molar-refractivity contribution in [3.63, 3.8) is 0 Å². The molecule has 1 N–H and O–H groups in total. The molecule has 1 aliphatic rings. The van der Waals surface area contributed by atoms with Crippen molar-refractivity contribution in [2.45, 2.75) is 12.6 Å². The van der Waals surface area contributed by atoms with E-state index < -0.39 is 5.97 Å². The topological polar surface area (TPSA) is 56.7 Å². The number of nitrogens with zero attached hydrogens (tertiary/aromatic N) is 3. The van der Waals surface area contributed by atoms with Gasteiger partial charge in [0.2, 0.25) is 0 Å². The molecule has 0 amide bonds. The molecule has 154 valence electrons. The molecule has 1 fully saturated rings. The summed E-state index contributed by atoms with van der Waals surface area (Å²) in [5, 5.41) is 9.37. The molecule has 2 aromatic carbocycles. The lowest BCUT2D eigenvalue weighted by Crippen LogP contribution is -2.47. The minimum Gasteiger partial charge on any atom is -0.477 e. The van der Waals surface area contributed by atoms with Crippen molar-refractivity contribution < 1.29 is 14.3 Å². The van der Waals surface area contributed by atoms with Gasteiger partial charge < -0.3 is 5.11 Å². The fourth-order valence-corrected chi connectivity index (χ4v) is 4.07. The average molecular weight is 405 g/mol. The molecule has 6 heteroatoms. The summed E-state index contributed by atoms with van der Waals surface area (Å²) < 4.78 is 13.5. The van der Waals surface area contributed by atoms with Gasteiger partial charge in [-0.25, -0.2) is 14.2 Å². The number of carboxylic acids is 1. The Labute approximate surface area is 175 Å². The second kappa shape index (κ2) is 9.15. The second-order valence-corrected chi connectivity index (χ2v) is 7.49. The summed E-state index contributed by atoms with van der Waals surface area (Å²) in [4.78, 5) is 20.1. The summed E-state index contributed by atoms with van der Waals surface area (Å²) >= 11 is 0. The molecule has 0 bridgehead atoms. The first-order valence-corrected chi connectivity index (χ1v) is 10.1. The monoisotopic (exact) mass is 405 g/mol. The Balaban J connectivity index is 1.49. The van der Waals surface area contributed by atoms with Crippen LogP contribution in [0.15, 0.2) is 72.9 Å². The van der Waals surface area contributed by atoms with E-state index in [-0.39, 0.29) is 17.6 Å². The quantitative estimate of drug-likeness (QED) is 0.676. The maximum atomic E-state index is 13.5. The minimum atomic E-state index is -0.996. The van der Waals surface area contributed by atoms with E-state index in [1.54, 1.807) is 6.07 Å².